The highest BCUT2D eigenvalue weighted by Crippen LogP contribution is 2.32. The summed E-state index contributed by atoms with van der Waals surface area (Å²) >= 11 is 5.69. The Hall–Kier alpha value is -2.41. The lowest BCUT2D eigenvalue weighted by atomic mass is 9.99. The van der Waals surface area contributed by atoms with Gasteiger partial charge in [-0.05, 0) is 42.3 Å². The molecular weight excluding hydrogens is 466 g/mol. The predicted octanol–water partition coefficient (Wildman–Crippen LogP) is 3.60. The molecule has 7 nitrogen and oxygen atoms in total. The van der Waals surface area contributed by atoms with Crippen LogP contribution in [0.1, 0.15) is 18.0 Å². The van der Waals surface area contributed by atoms with Gasteiger partial charge in [-0.1, -0.05) is 23.7 Å². The van der Waals surface area contributed by atoms with Crippen molar-refractivity contribution in [3.63, 3.8) is 0 Å². The summed E-state index contributed by atoms with van der Waals surface area (Å²) in [7, 11) is -2.95. The van der Waals surface area contributed by atoms with Crippen molar-refractivity contribution >= 4 is 33.4 Å². The monoisotopic (exact) mass is 481 g/mol. The summed E-state index contributed by atoms with van der Waals surface area (Å²) in [6.07, 6.45) is -5.00. The highest BCUT2D eigenvalue weighted by Gasteiger charge is 2.41. The molecule has 0 aliphatic carbocycles. The summed E-state index contributed by atoms with van der Waals surface area (Å²) in [6, 6.07) is 6.07. The zero-order chi connectivity index (χ0) is 23.0. The molecule has 1 fully saturated rings. The number of anilines is 1. The van der Waals surface area contributed by atoms with Crippen molar-refractivity contribution in [1.29, 1.82) is 0 Å². The van der Waals surface area contributed by atoms with E-state index in [9.17, 15) is 30.8 Å². The summed E-state index contributed by atoms with van der Waals surface area (Å²) < 4.78 is 82.8. The maximum atomic E-state index is 13.3. The van der Waals surface area contributed by atoms with Gasteiger partial charge in [0.2, 0.25) is 5.91 Å². The minimum atomic E-state index is -4.91. The van der Waals surface area contributed by atoms with Crippen LogP contribution in [-0.2, 0) is 15.0 Å². The maximum absolute atomic E-state index is 13.3. The number of carbonyl (C=O) groups is 1. The molecule has 2 N–H and O–H groups in total. The van der Waals surface area contributed by atoms with Crippen molar-refractivity contribution < 1.29 is 35.5 Å². The molecule has 1 aliphatic rings. The molecule has 2 aromatic carbocycles. The lowest BCUT2D eigenvalue weighted by molar-refractivity contribution is -0.274. The first-order valence-corrected chi connectivity index (χ1v) is 10.5. The standard InChI is InChI=1S/C18H16ClF4N3O4S/c1-26-16(17(27)24-11-5-6-14(20)13(19)8-11)9-15(25-31(26,28)29)10-3-2-4-12(7-10)30-18(21,22)23/h2-8,15-16,25H,9H2,1H3,(H,24,27)/t15-,16+/m0/s1. The van der Waals surface area contributed by atoms with Crippen molar-refractivity contribution in [2.45, 2.75) is 24.9 Å². The first kappa shape index (κ1) is 23.3. The number of likely N-dealkylation sites (N-methyl/N-ethyl adjacent to an activating group) is 1. The molecule has 168 valence electrons. The lowest BCUT2D eigenvalue weighted by Gasteiger charge is -2.36. The van der Waals surface area contributed by atoms with Crippen LogP contribution in [0, 0.1) is 5.82 Å². The van der Waals surface area contributed by atoms with E-state index >= 15 is 0 Å². The summed E-state index contributed by atoms with van der Waals surface area (Å²) in [5, 5.41) is 2.23. The van der Waals surface area contributed by atoms with Gasteiger partial charge in [-0.2, -0.15) is 17.4 Å². The van der Waals surface area contributed by atoms with Gasteiger partial charge in [-0.25, -0.2) is 4.39 Å². The van der Waals surface area contributed by atoms with Gasteiger partial charge in [0.1, 0.15) is 17.6 Å². The predicted molar refractivity (Wildman–Crippen MR) is 104 cm³/mol. The molecule has 13 heteroatoms. The fraction of sp³-hybridized carbons (Fsp3) is 0.278. The third kappa shape index (κ3) is 5.64. The van der Waals surface area contributed by atoms with Crippen molar-refractivity contribution in [1.82, 2.24) is 9.03 Å². The number of benzene rings is 2. The topological polar surface area (TPSA) is 87.7 Å². The van der Waals surface area contributed by atoms with E-state index in [1.54, 1.807) is 0 Å². The average molecular weight is 482 g/mol. The van der Waals surface area contributed by atoms with Gasteiger partial charge in [0.25, 0.3) is 10.2 Å². The Morgan fingerprint density at radius 3 is 2.61 bits per heavy atom. The van der Waals surface area contributed by atoms with Gasteiger partial charge < -0.3 is 10.1 Å². The highest BCUT2D eigenvalue weighted by atomic mass is 35.5. The van der Waals surface area contributed by atoms with Crippen LogP contribution >= 0.6 is 11.6 Å². The Morgan fingerprint density at radius 1 is 1.26 bits per heavy atom. The highest BCUT2D eigenvalue weighted by molar-refractivity contribution is 7.87. The van der Waals surface area contributed by atoms with E-state index in [-0.39, 0.29) is 22.7 Å². The summed E-state index contributed by atoms with van der Waals surface area (Å²) in [6.45, 7) is 0. The molecule has 31 heavy (non-hydrogen) atoms. The molecule has 1 heterocycles. The van der Waals surface area contributed by atoms with Gasteiger partial charge in [0.15, 0.2) is 0 Å². The molecule has 0 aromatic heterocycles. The molecule has 2 aromatic rings. The van der Waals surface area contributed by atoms with Crippen LogP contribution in [0.2, 0.25) is 5.02 Å². The van der Waals surface area contributed by atoms with Crippen LogP contribution in [0.4, 0.5) is 23.2 Å². The first-order valence-electron chi connectivity index (χ1n) is 8.72. The maximum Gasteiger partial charge on any atom is 0.573 e. The van der Waals surface area contributed by atoms with Crippen LogP contribution in [0.3, 0.4) is 0 Å². The van der Waals surface area contributed by atoms with Gasteiger partial charge >= 0.3 is 6.36 Å². The normalized spacial score (nSPS) is 21.5. The number of alkyl halides is 3. The number of nitrogens with one attached hydrogen (secondary N) is 2. The number of nitrogens with zero attached hydrogens (tertiary/aromatic N) is 1. The molecule has 1 saturated heterocycles. The van der Waals surface area contributed by atoms with E-state index in [2.05, 4.69) is 14.8 Å². The second-order valence-electron chi connectivity index (χ2n) is 6.68. The number of ether oxygens (including phenoxy) is 1. The zero-order valence-electron chi connectivity index (χ0n) is 15.8. The molecule has 0 saturated carbocycles. The third-order valence-electron chi connectivity index (χ3n) is 4.55. The minimum absolute atomic E-state index is 0.0913. The minimum Gasteiger partial charge on any atom is -0.406 e. The Kier molecular flexibility index (Phi) is 6.46. The molecular formula is C18H16ClF4N3O4S. The van der Waals surface area contributed by atoms with E-state index in [1.807, 2.05) is 0 Å². The van der Waals surface area contributed by atoms with Gasteiger partial charge in [0.05, 0.1) is 11.1 Å². The van der Waals surface area contributed by atoms with Gasteiger partial charge in [0, 0.05) is 12.7 Å². The van der Waals surface area contributed by atoms with Crippen LogP contribution in [0.25, 0.3) is 0 Å². The zero-order valence-corrected chi connectivity index (χ0v) is 17.4. The lowest BCUT2D eigenvalue weighted by Crippen LogP contribution is -2.55. The SMILES string of the molecule is CN1[C@@H](C(=O)Nc2ccc(F)c(Cl)c2)C[C@@H](c2cccc(OC(F)(F)F)c2)NS1(=O)=O. The van der Waals surface area contributed by atoms with Gasteiger partial charge in [-0.3, -0.25) is 4.79 Å². The molecule has 0 bridgehead atoms. The third-order valence-corrected chi connectivity index (χ3v) is 6.44. The molecule has 3 rings (SSSR count). The smallest absolute Gasteiger partial charge is 0.406 e. The number of amides is 1. The molecule has 1 aliphatic heterocycles. The van der Waals surface area contributed by atoms with Crippen molar-refractivity contribution in [3.05, 3.63) is 58.9 Å². The Balaban J connectivity index is 1.84. The van der Waals surface area contributed by atoms with Crippen molar-refractivity contribution in [2.75, 3.05) is 12.4 Å². The Bertz CT molecular complexity index is 1100. The molecule has 0 radical (unpaired) electrons. The quantitative estimate of drug-likeness (QED) is 0.653. The number of halogens is 5. The number of hydrogen-bond donors (Lipinski definition) is 2. The second-order valence-corrected chi connectivity index (χ2v) is 8.85. The summed E-state index contributed by atoms with van der Waals surface area (Å²) in [5.74, 6) is -1.93. The number of hydrogen-bond acceptors (Lipinski definition) is 4. The molecule has 0 spiro atoms. The molecule has 1 amide bonds. The second kappa shape index (κ2) is 8.61. The average Bonchev–Trinajstić information content (AvgIpc) is 2.65. The first-order chi connectivity index (χ1) is 14.4. The number of rotatable bonds is 4. The molecule has 2 atom stereocenters. The van der Waals surface area contributed by atoms with Crippen LogP contribution in [-0.4, -0.2) is 38.1 Å². The largest absolute Gasteiger partial charge is 0.573 e. The van der Waals surface area contributed by atoms with Crippen molar-refractivity contribution in [3.8, 4) is 5.75 Å². The van der Waals surface area contributed by atoms with Crippen LogP contribution in [0.5, 0.6) is 5.75 Å². The number of carbonyl (C=O) groups excluding carboxylic acids is 1. The van der Waals surface area contributed by atoms with E-state index in [0.717, 1.165) is 22.5 Å². The van der Waals surface area contributed by atoms with Crippen molar-refractivity contribution in [2.24, 2.45) is 0 Å². The fourth-order valence-corrected chi connectivity index (χ4v) is 4.51. The van der Waals surface area contributed by atoms with Crippen LogP contribution < -0.4 is 14.8 Å². The Labute approximate surface area is 180 Å². The molecule has 0 unspecified atom stereocenters. The Morgan fingerprint density at radius 2 is 1.97 bits per heavy atom. The van der Waals surface area contributed by atoms with E-state index in [4.69, 9.17) is 11.6 Å². The fourth-order valence-electron chi connectivity index (χ4n) is 3.05. The van der Waals surface area contributed by atoms with Crippen LogP contribution in [0.15, 0.2) is 42.5 Å². The van der Waals surface area contributed by atoms with Gasteiger partial charge in [-0.15, -0.1) is 13.2 Å². The summed E-state index contributed by atoms with van der Waals surface area (Å²) in [4.78, 5) is 12.7. The van der Waals surface area contributed by atoms with E-state index in [0.29, 0.717) is 0 Å². The van der Waals surface area contributed by atoms with E-state index in [1.165, 1.54) is 31.3 Å². The van der Waals surface area contributed by atoms with E-state index < -0.39 is 46.1 Å². The summed E-state index contributed by atoms with van der Waals surface area (Å²) in [5.41, 5.74) is 0.332.